The van der Waals surface area contributed by atoms with Gasteiger partial charge in [0.05, 0.1) is 6.61 Å². The number of carbonyl (C=O) groups is 3. The summed E-state index contributed by atoms with van der Waals surface area (Å²) in [5.41, 5.74) is -0.187. The lowest BCUT2D eigenvalue weighted by Gasteiger charge is -2.35. The number of nitrogens with one attached hydrogen (secondary N) is 1. The molecule has 2 aliphatic rings. The number of aliphatic hydroxyl groups is 1. The average Bonchev–Trinajstić information content (AvgIpc) is 2.83. The molecule has 1 heterocycles. The average molecular weight is 296 g/mol. The Hall–Kier alpha value is -1.43. The fourth-order valence-corrected chi connectivity index (χ4v) is 3.15. The van der Waals surface area contributed by atoms with E-state index < -0.39 is 0 Å². The Morgan fingerprint density at radius 1 is 1.14 bits per heavy atom. The monoisotopic (exact) mass is 296 g/mol. The first-order valence-electron chi connectivity index (χ1n) is 7.77. The van der Waals surface area contributed by atoms with Crippen molar-refractivity contribution in [3.63, 3.8) is 0 Å². The molecule has 6 heteroatoms. The van der Waals surface area contributed by atoms with Gasteiger partial charge in [-0.3, -0.25) is 19.3 Å². The predicted octanol–water partition coefficient (Wildman–Crippen LogP) is 0.584. The zero-order valence-electron chi connectivity index (χ0n) is 12.4. The molecule has 2 fully saturated rings. The standard InChI is InChI=1S/C15H24N2O4/c18-11-15(7-2-1-3-8-15)10-16-12(19)6-9-17-13(20)4-5-14(17)21/h18H,1-11H2,(H,16,19). The summed E-state index contributed by atoms with van der Waals surface area (Å²) in [6.45, 7) is 0.732. The van der Waals surface area contributed by atoms with Crippen molar-refractivity contribution in [1.29, 1.82) is 0 Å². The lowest BCUT2D eigenvalue weighted by molar-refractivity contribution is -0.138. The van der Waals surface area contributed by atoms with Crippen LogP contribution in [0.3, 0.4) is 0 Å². The fourth-order valence-electron chi connectivity index (χ4n) is 3.15. The molecule has 2 rings (SSSR count). The molecule has 1 saturated heterocycles. The Labute approximate surface area is 124 Å². The summed E-state index contributed by atoms with van der Waals surface area (Å²) in [6.07, 6.45) is 5.90. The zero-order valence-corrected chi connectivity index (χ0v) is 12.4. The molecule has 1 saturated carbocycles. The Balaban J connectivity index is 1.74. The van der Waals surface area contributed by atoms with Crippen LogP contribution in [0, 0.1) is 5.41 Å². The van der Waals surface area contributed by atoms with Gasteiger partial charge >= 0.3 is 0 Å². The smallest absolute Gasteiger partial charge is 0.229 e. The predicted molar refractivity (Wildman–Crippen MR) is 76.2 cm³/mol. The second-order valence-corrected chi connectivity index (χ2v) is 6.18. The molecule has 0 aromatic rings. The number of carbonyl (C=O) groups excluding carboxylic acids is 3. The molecule has 1 aliphatic carbocycles. The molecule has 6 nitrogen and oxygen atoms in total. The molecule has 0 unspecified atom stereocenters. The van der Waals surface area contributed by atoms with E-state index in [0.717, 1.165) is 25.7 Å². The molecule has 2 N–H and O–H groups in total. The van der Waals surface area contributed by atoms with Crippen LogP contribution in [0.2, 0.25) is 0 Å². The van der Waals surface area contributed by atoms with Crippen LogP contribution in [0.5, 0.6) is 0 Å². The van der Waals surface area contributed by atoms with Crippen LogP contribution in [0.1, 0.15) is 51.4 Å². The van der Waals surface area contributed by atoms with Crippen LogP contribution in [0.25, 0.3) is 0 Å². The van der Waals surface area contributed by atoms with E-state index in [1.807, 2.05) is 0 Å². The minimum atomic E-state index is -0.188. The lowest BCUT2D eigenvalue weighted by atomic mass is 9.74. The number of rotatable bonds is 6. The van der Waals surface area contributed by atoms with Crippen LogP contribution < -0.4 is 5.32 Å². The molecular formula is C15H24N2O4. The van der Waals surface area contributed by atoms with Crippen molar-refractivity contribution in [2.75, 3.05) is 19.7 Å². The van der Waals surface area contributed by atoms with Gasteiger partial charge in [-0.05, 0) is 12.8 Å². The van der Waals surface area contributed by atoms with Crippen LogP contribution >= 0.6 is 0 Å². The van der Waals surface area contributed by atoms with Crippen LogP contribution in [-0.2, 0) is 14.4 Å². The van der Waals surface area contributed by atoms with Gasteiger partial charge in [-0.2, -0.15) is 0 Å². The molecule has 0 radical (unpaired) electrons. The van der Waals surface area contributed by atoms with Gasteiger partial charge in [0.15, 0.2) is 0 Å². The van der Waals surface area contributed by atoms with Gasteiger partial charge in [-0.25, -0.2) is 0 Å². The molecule has 3 amide bonds. The van der Waals surface area contributed by atoms with Gasteiger partial charge in [0.2, 0.25) is 17.7 Å². The third kappa shape index (κ3) is 4.03. The summed E-state index contributed by atoms with van der Waals surface area (Å²) in [6, 6.07) is 0. The van der Waals surface area contributed by atoms with Crippen molar-refractivity contribution < 1.29 is 19.5 Å². The van der Waals surface area contributed by atoms with Crippen LogP contribution in [-0.4, -0.2) is 47.4 Å². The summed E-state index contributed by atoms with van der Waals surface area (Å²) < 4.78 is 0. The van der Waals surface area contributed by atoms with E-state index in [1.165, 1.54) is 11.3 Å². The van der Waals surface area contributed by atoms with Crippen molar-refractivity contribution >= 4 is 17.7 Å². The number of amides is 3. The van der Waals surface area contributed by atoms with E-state index in [1.54, 1.807) is 0 Å². The minimum absolute atomic E-state index is 0.0936. The SMILES string of the molecule is O=C(CCN1C(=O)CCC1=O)NCC1(CO)CCCCC1. The number of aliphatic hydroxyl groups excluding tert-OH is 1. The maximum atomic E-state index is 11.9. The van der Waals surface area contributed by atoms with Gasteiger partial charge in [0.25, 0.3) is 0 Å². The molecule has 21 heavy (non-hydrogen) atoms. The van der Waals surface area contributed by atoms with Gasteiger partial charge in [-0.15, -0.1) is 0 Å². The number of likely N-dealkylation sites (tertiary alicyclic amines) is 1. The van der Waals surface area contributed by atoms with E-state index in [-0.39, 0.29) is 55.6 Å². The second kappa shape index (κ2) is 7.02. The van der Waals surface area contributed by atoms with E-state index >= 15 is 0 Å². The molecule has 0 aromatic carbocycles. The first-order chi connectivity index (χ1) is 10.1. The van der Waals surface area contributed by atoms with E-state index in [4.69, 9.17) is 0 Å². The first-order valence-corrected chi connectivity index (χ1v) is 7.77. The fraction of sp³-hybridized carbons (Fsp3) is 0.800. The molecule has 0 atom stereocenters. The van der Waals surface area contributed by atoms with Crippen molar-refractivity contribution in [3.05, 3.63) is 0 Å². The number of hydrogen-bond acceptors (Lipinski definition) is 4. The molecular weight excluding hydrogens is 272 g/mol. The molecule has 1 aliphatic heterocycles. The van der Waals surface area contributed by atoms with E-state index in [9.17, 15) is 19.5 Å². The highest BCUT2D eigenvalue weighted by Gasteiger charge is 2.32. The minimum Gasteiger partial charge on any atom is -0.396 e. The summed E-state index contributed by atoms with van der Waals surface area (Å²) in [7, 11) is 0. The maximum Gasteiger partial charge on any atom is 0.229 e. The third-order valence-corrected chi connectivity index (χ3v) is 4.63. The Bertz CT molecular complexity index is 400. The number of nitrogens with zero attached hydrogens (tertiary/aromatic N) is 1. The molecule has 118 valence electrons. The largest absolute Gasteiger partial charge is 0.396 e. The van der Waals surface area contributed by atoms with Gasteiger partial charge in [0.1, 0.15) is 0 Å². The summed E-state index contributed by atoms with van der Waals surface area (Å²) >= 11 is 0. The first kappa shape index (κ1) is 15.9. The van der Waals surface area contributed by atoms with Crippen molar-refractivity contribution in [2.24, 2.45) is 5.41 Å². The van der Waals surface area contributed by atoms with Gasteiger partial charge in [0, 0.05) is 37.8 Å². The van der Waals surface area contributed by atoms with Crippen molar-refractivity contribution in [3.8, 4) is 0 Å². The Morgan fingerprint density at radius 2 is 1.76 bits per heavy atom. The van der Waals surface area contributed by atoms with Crippen molar-refractivity contribution in [2.45, 2.75) is 51.4 Å². The Morgan fingerprint density at radius 3 is 2.33 bits per heavy atom. The summed E-state index contributed by atoms with van der Waals surface area (Å²) in [5.74, 6) is -0.542. The van der Waals surface area contributed by atoms with Crippen molar-refractivity contribution in [1.82, 2.24) is 10.2 Å². The quantitative estimate of drug-likeness (QED) is 0.702. The number of imide groups is 1. The molecule has 0 spiro atoms. The molecule has 0 bridgehead atoms. The van der Waals surface area contributed by atoms with E-state index in [0.29, 0.717) is 6.54 Å². The zero-order chi connectivity index (χ0) is 15.3. The summed E-state index contributed by atoms with van der Waals surface area (Å²) in [5, 5.41) is 12.4. The second-order valence-electron chi connectivity index (χ2n) is 6.18. The number of hydrogen-bond donors (Lipinski definition) is 2. The summed E-state index contributed by atoms with van der Waals surface area (Å²) in [4.78, 5) is 35.9. The third-order valence-electron chi connectivity index (χ3n) is 4.63. The Kier molecular flexibility index (Phi) is 5.33. The van der Waals surface area contributed by atoms with Crippen LogP contribution in [0.4, 0.5) is 0 Å². The van der Waals surface area contributed by atoms with Gasteiger partial charge < -0.3 is 10.4 Å². The van der Waals surface area contributed by atoms with Gasteiger partial charge in [-0.1, -0.05) is 19.3 Å². The molecule has 0 aromatic heterocycles. The topological polar surface area (TPSA) is 86.7 Å². The maximum absolute atomic E-state index is 11.9. The van der Waals surface area contributed by atoms with E-state index in [2.05, 4.69) is 5.32 Å². The normalized spacial score (nSPS) is 21.7. The highest BCUT2D eigenvalue weighted by atomic mass is 16.3. The highest BCUT2D eigenvalue weighted by Crippen LogP contribution is 2.35. The lowest BCUT2D eigenvalue weighted by Crippen LogP contribution is -2.42. The van der Waals surface area contributed by atoms with Crippen LogP contribution in [0.15, 0.2) is 0 Å². The highest BCUT2D eigenvalue weighted by molar-refractivity contribution is 6.02.